The molecule has 194 valence electrons. The molecule has 2 aromatic rings. The third-order valence-corrected chi connectivity index (χ3v) is 7.59. The summed E-state index contributed by atoms with van der Waals surface area (Å²) in [5, 5.41) is 3.25. The van der Waals surface area contributed by atoms with E-state index in [1.165, 1.54) is 13.2 Å². The van der Waals surface area contributed by atoms with E-state index >= 15 is 0 Å². The van der Waals surface area contributed by atoms with Gasteiger partial charge in [0.2, 0.25) is 0 Å². The average Bonchev–Trinajstić information content (AvgIpc) is 2.89. The molecule has 36 heavy (non-hydrogen) atoms. The molecule has 2 amide bonds. The van der Waals surface area contributed by atoms with Crippen molar-refractivity contribution in [1.29, 1.82) is 0 Å². The van der Waals surface area contributed by atoms with Crippen molar-refractivity contribution in [2.24, 2.45) is 5.92 Å². The van der Waals surface area contributed by atoms with Gasteiger partial charge >= 0.3 is 0 Å². The van der Waals surface area contributed by atoms with Crippen LogP contribution in [0.15, 0.2) is 40.9 Å². The summed E-state index contributed by atoms with van der Waals surface area (Å²) in [6, 6.07) is 10.6. The van der Waals surface area contributed by atoms with Crippen LogP contribution >= 0.6 is 27.5 Å². The van der Waals surface area contributed by atoms with E-state index in [0.29, 0.717) is 41.1 Å². The number of methoxy groups -OCH3 is 1. The van der Waals surface area contributed by atoms with Crippen molar-refractivity contribution in [3.8, 4) is 5.75 Å². The van der Waals surface area contributed by atoms with Gasteiger partial charge in [-0.05, 0) is 43.0 Å². The third-order valence-electron chi connectivity index (χ3n) is 6.77. The van der Waals surface area contributed by atoms with Gasteiger partial charge in [-0.15, -0.1) is 0 Å². The van der Waals surface area contributed by atoms with Crippen molar-refractivity contribution in [2.45, 2.75) is 18.9 Å². The van der Waals surface area contributed by atoms with Crippen LogP contribution in [0.5, 0.6) is 5.75 Å². The lowest BCUT2D eigenvalue weighted by molar-refractivity contribution is -0.0332. The first-order chi connectivity index (χ1) is 17.3. The molecule has 2 saturated heterocycles. The maximum absolute atomic E-state index is 12.8. The van der Waals surface area contributed by atoms with Gasteiger partial charge in [0, 0.05) is 55.4 Å². The van der Waals surface area contributed by atoms with Crippen molar-refractivity contribution in [3.05, 3.63) is 57.0 Å². The number of hydrogen-bond acceptors (Lipinski definition) is 6. The minimum Gasteiger partial charge on any atom is -0.496 e. The molecule has 2 fully saturated rings. The van der Waals surface area contributed by atoms with E-state index in [-0.39, 0.29) is 17.9 Å². The molecule has 2 aromatic carbocycles. The second-order valence-corrected chi connectivity index (χ2v) is 10.6. The van der Waals surface area contributed by atoms with Gasteiger partial charge in [0.1, 0.15) is 5.75 Å². The number of nitrogens with two attached hydrogens (primary N) is 1. The zero-order valence-corrected chi connectivity index (χ0v) is 22.7. The molecule has 0 radical (unpaired) electrons. The number of likely N-dealkylation sites (tertiary alicyclic amines) is 1. The number of hydrogen-bond donors (Lipinski definition) is 2. The van der Waals surface area contributed by atoms with Gasteiger partial charge in [-0.1, -0.05) is 33.6 Å². The van der Waals surface area contributed by atoms with Gasteiger partial charge in [-0.2, -0.15) is 0 Å². The highest BCUT2D eigenvalue weighted by Crippen LogP contribution is 2.29. The molecule has 2 heterocycles. The topological polar surface area (TPSA) is 97.1 Å². The molecule has 8 nitrogen and oxygen atoms in total. The molecular weight excluding hydrogens is 548 g/mol. The summed E-state index contributed by atoms with van der Waals surface area (Å²) >= 11 is 9.54. The van der Waals surface area contributed by atoms with E-state index in [9.17, 15) is 9.59 Å². The number of piperidine rings is 1. The Kier molecular flexibility index (Phi) is 9.11. The number of morpholine rings is 1. The van der Waals surface area contributed by atoms with Crippen LogP contribution < -0.4 is 15.8 Å². The second kappa shape index (κ2) is 12.3. The predicted octanol–water partition coefficient (Wildman–Crippen LogP) is 3.68. The van der Waals surface area contributed by atoms with Crippen LogP contribution in [0.3, 0.4) is 0 Å². The van der Waals surface area contributed by atoms with Crippen molar-refractivity contribution in [3.63, 3.8) is 0 Å². The van der Waals surface area contributed by atoms with E-state index < -0.39 is 0 Å². The fraction of sp³-hybridized carbons (Fsp3) is 0.462. The Labute approximate surface area is 225 Å². The highest BCUT2D eigenvalue weighted by molar-refractivity contribution is 9.10. The Hall–Kier alpha value is -2.33. The third kappa shape index (κ3) is 6.70. The molecule has 0 spiro atoms. The van der Waals surface area contributed by atoms with Crippen molar-refractivity contribution < 1.29 is 19.1 Å². The summed E-state index contributed by atoms with van der Waals surface area (Å²) in [4.78, 5) is 29.9. The van der Waals surface area contributed by atoms with Crippen molar-refractivity contribution in [1.82, 2.24) is 15.1 Å². The molecule has 0 bridgehead atoms. The number of rotatable bonds is 7. The molecule has 10 heteroatoms. The Morgan fingerprint density at radius 1 is 1.22 bits per heavy atom. The fourth-order valence-corrected chi connectivity index (χ4v) is 5.34. The Morgan fingerprint density at radius 2 is 2.00 bits per heavy atom. The molecular formula is C26H32BrClN4O4. The number of carbonyl (C=O) groups excluding carboxylic acids is 2. The van der Waals surface area contributed by atoms with Crippen LogP contribution in [0.25, 0.3) is 0 Å². The standard InChI is InChI=1S/C26H32BrClN4O4/c1-35-24-13-23(29)22(28)12-21(24)25(33)30-14-20-16-31(9-10-36-20)15-17-5-7-32(8-6-17)26(34)18-3-2-4-19(27)11-18/h2-4,11-13,17,20H,5-10,14-16,29H2,1H3,(H,30,33). The highest BCUT2D eigenvalue weighted by Gasteiger charge is 2.28. The second-order valence-electron chi connectivity index (χ2n) is 9.28. The molecule has 2 aliphatic rings. The van der Waals surface area contributed by atoms with Gasteiger partial charge < -0.3 is 25.4 Å². The largest absolute Gasteiger partial charge is 0.496 e. The fourth-order valence-electron chi connectivity index (χ4n) is 4.77. The Balaban J connectivity index is 1.23. The number of halogens is 2. The zero-order chi connectivity index (χ0) is 25.7. The molecule has 4 rings (SSSR count). The summed E-state index contributed by atoms with van der Waals surface area (Å²) in [5.74, 6) is 0.726. The van der Waals surface area contributed by atoms with Gasteiger partial charge in [0.05, 0.1) is 36.1 Å². The van der Waals surface area contributed by atoms with E-state index in [1.807, 2.05) is 29.2 Å². The number of nitrogens with zero attached hydrogens (tertiary/aromatic N) is 2. The summed E-state index contributed by atoms with van der Waals surface area (Å²) in [6.45, 7) is 5.13. The minimum atomic E-state index is -0.281. The highest BCUT2D eigenvalue weighted by atomic mass is 79.9. The molecule has 0 aliphatic carbocycles. The smallest absolute Gasteiger partial charge is 0.255 e. The first-order valence-electron chi connectivity index (χ1n) is 12.1. The number of amides is 2. The van der Waals surface area contributed by atoms with Crippen LogP contribution in [0.2, 0.25) is 5.02 Å². The molecule has 0 aromatic heterocycles. The summed E-state index contributed by atoms with van der Waals surface area (Å²) in [7, 11) is 1.49. The van der Waals surface area contributed by atoms with Crippen molar-refractivity contribution in [2.75, 3.05) is 58.7 Å². The Morgan fingerprint density at radius 3 is 2.72 bits per heavy atom. The van der Waals surface area contributed by atoms with Gasteiger partial charge in [-0.25, -0.2) is 0 Å². The molecule has 3 N–H and O–H groups in total. The van der Waals surface area contributed by atoms with Gasteiger partial charge in [0.15, 0.2) is 0 Å². The number of nitrogen functional groups attached to an aromatic ring is 1. The van der Waals surface area contributed by atoms with E-state index in [4.69, 9.17) is 26.8 Å². The zero-order valence-electron chi connectivity index (χ0n) is 20.3. The number of ether oxygens (including phenoxy) is 2. The van der Waals surface area contributed by atoms with Gasteiger partial charge in [-0.3, -0.25) is 14.5 Å². The van der Waals surface area contributed by atoms with Crippen LogP contribution in [-0.2, 0) is 4.74 Å². The number of benzene rings is 2. The lowest BCUT2D eigenvalue weighted by atomic mass is 9.95. The Bertz CT molecular complexity index is 1090. The SMILES string of the molecule is COc1cc(N)c(Cl)cc1C(=O)NCC1CN(CC2CCN(C(=O)c3cccc(Br)c3)CC2)CCO1. The molecule has 1 unspecified atom stereocenters. The first kappa shape index (κ1) is 26.7. The normalized spacial score (nSPS) is 19.2. The van der Waals surface area contributed by atoms with E-state index in [1.54, 1.807) is 6.07 Å². The van der Waals surface area contributed by atoms with Crippen LogP contribution in [0.1, 0.15) is 33.6 Å². The van der Waals surface area contributed by atoms with E-state index in [2.05, 4.69) is 26.1 Å². The van der Waals surface area contributed by atoms with Crippen LogP contribution in [-0.4, -0.2) is 80.7 Å². The summed E-state index contributed by atoms with van der Waals surface area (Å²) < 4.78 is 12.1. The van der Waals surface area contributed by atoms with Crippen LogP contribution in [0.4, 0.5) is 5.69 Å². The molecule has 2 aliphatic heterocycles. The number of nitrogens with one attached hydrogen (secondary N) is 1. The molecule has 1 atom stereocenters. The lowest BCUT2D eigenvalue weighted by Gasteiger charge is -2.38. The minimum absolute atomic E-state index is 0.0935. The quantitative estimate of drug-likeness (QED) is 0.486. The molecule has 0 saturated carbocycles. The number of carbonyl (C=O) groups is 2. The average molecular weight is 580 g/mol. The predicted molar refractivity (Wildman–Crippen MR) is 144 cm³/mol. The van der Waals surface area contributed by atoms with Gasteiger partial charge in [0.25, 0.3) is 11.8 Å². The monoisotopic (exact) mass is 578 g/mol. The maximum Gasteiger partial charge on any atom is 0.255 e. The summed E-state index contributed by atoms with van der Waals surface area (Å²) in [6.07, 6.45) is 1.86. The lowest BCUT2D eigenvalue weighted by Crippen LogP contribution is -2.50. The van der Waals surface area contributed by atoms with Crippen molar-refractivity contribution >= 4 is 45.0 Å². The first-order valence-corrected chi connectivity index (χ1v) is 13.3. The van der Waals surface area contributed by atoms with E-state index in [0.717, 1.165) is 55.6 Å². The number of anilines is 1. The maximum atomic E-state index is 12.8. The van der Waals surface area contributed by atoms with Crippen LogP contribution in [0, 0.1) is 5.92 Å². The summed E-state index contributed by atoms with van der Waals surface area (Å²) in [5.41, 5.74) is 7.24.